The minimum Gasteiger partial charge on any atom is -0.480 e. The van der Waals surface area contributed by atoms with E-state index in [0.29, 0.717) is 13.0 Å². The van der Waals surface area contributed by atoms with Crippen molar-refractivity contribution in [3.63, 3.8) is 0 Å². The smallest absolute Gasteiger partial charge is 0.326 e. The maximum atomic E-state index is 12.0. The molecule has 1 aliphatic rings. The van der Waals surface area contributed by atoms with Crippen LogP contribution >= 0.6 is 0 Å². The van der Waals surface area contributed by atoms with E-state index in [1.807, 2.05) is 6.07 Å². The molecule has 1 saturated heterocycles. The first kappa shape index (κ1) is 13.3. The Labute approximate surface area is 111 Å². The zero-order valence-electron chi connectivity index (χ0n) is 10.5. The van der Waals surface area contributed by atoms with E-state index in [1.54, 1.807) is 24.5 Å². The van der Waals surface area contributed by atoms with Gasteiger partial charge < -0.3 is 10.0 Å². The third-order valence-corrected chi connectivity index (χ3v) is 3.17. The summed E-state index contributed by atoms with van der Waals surface area (Å²) in [4.78, 5) is 28.5. The predicted octanol–water partition coefficient (Wildman–Crippen LogP) is 1.56. The van der Waals surface area contributed by atoms with Crippen LogP contribution in [0.1, 0.15) is 24.8 Å². The number of carboxylic acids is 1. The summed E-state index contributed by atoms with van der Waals surface area (Å²) in [5.41, 5.74) is 0.819. The molecule has 0 aliphatic carbocycles. The molecular formula is C14H16N2O3. The first-order valence-corrected chi connectivity index (χ1v) is 6.30. The van der Waals surface area contributed by atoms with Crippen molar-refractivity contribution in [2.45, 2.75) is 25.3 Å². The van der Waals surface area contributed by atoms with Crippen LogP contribution in [0.25, 0.3) is 6.08 Å². The van der Waals surface area contributed by atoms with Crippen LogP contribution in [0.4, 0.5) is 0 Å². The first-order valence-electron chi connectivity index (χ1n) is 6.30. The van der Waals surface area contributed by atoms with Gasteiger partial charge >= 0.3 is 5.97 Å². The van der Waals surface area contributed by atoms with Crippen molar-refractivity contribution in [3.05, 3.63) is 36.2 Å². The molecule has 1 N–H and O–H groups in total. The monoisotopic (exact) mass is 260 g/mol. The Morgan fingerprint density at radius 2 is 2.26 bits per heavy atom. The van der Waals surface area contributed by atoms with Gasteiger partial charge in [0.1, 0.15) is 6.04 Å². The van der Waals surface area contributed by atoms with E-state index in [0.717, 1.165) is 18.4 Å². The fourth-order valence-electron chi connectivity index (χ4n) is 2.19. The number of aromatic nitrogens is 1. The number of carbonyl (C=O) groups is 2. The van der Waals surface area contributed by atoms with Gasteiger partial charge in [-0.3, -0.25) is 9.78 Å². The number of rotatable bonds is 3. The van der Waals surface area contributed by atoms with Crippen LogP contribution in [-0.4, -0.2) is 39.5 Å². The summed E-state index contributed by atoms with van der Waals surface area (Å²) in [5.74, 6) is -1.18. The highest BCUT2D eigenvalue weighted by atomic mass is 16.4. The first-order chi connectivity index (χ1) is 9.18. The number of hydrogen-bond donors (Lipinski definition) is 1. The summed E-state index contributed by atoms with van der Waals surface area (Å²) in [6.07, 6.45) is 8.62. The van der Waals surface area contributed by atoms with Gasteiger partial charge in [-0.1, -0.05) is 6.07 Å². The molecule has 1 amide bonds. The number of likely N-dealkylation sites (tertiary alicyclic amines) is 1. The van der Waals surface area contributed by atoms with Gasteiger partial charge in [-0.15, -0.1) is 0 Å². The molecule has 0 spiro atoms. The van der Waals surface area contributed by atoms with Crippen LogP contribution in [0.15, 0.2) is 30.6 Å². The minimum absolute atomic E-state index is 0.254. The summed E-state index contributed by atoms with van der Waals surface area (Å²) in [6.45, 7) is 0.507. The highest BCUT2D eigenvalue weighted by Crippen LogP contribution is 2.17. The molecule has 5 nitrogen and oxygen atoms in total. The SMILES string of the molecule is O=C(O)[C@H]1CCCCN1C(=O)/C=C/c1cccnc1. The molecule has 5 heteroatoms. The molecule has 0 saturated carbocycles. The molecule has 1 aromatic rings. The van der Waals surface area contributed by atoms with Gasteiger partial charge in [-0.05, 0) is 37.0 Å². The van der Waals surface area contributed by atoms with Gasteiger partial charge in [0, 0.05) is 25.0 Å². The second-order valence-corrected chi connectivity index (χ2v) is 4.50. The van der Waals surface area contributed by atoms with E-state index < -0.39 is 12.0 Å². The van der Waals surface area contributed by atoms with Crippen molar-refractivity contribution in [2.75, 3.05) is 6.54 Å². The molecule has 0 unspecified atom stereocenters. The van der Waals surface area contributed by atoms with E-state index in [-0.39, 0.29) is 5.91 Å². The van der Waals surface area contributed by atoms with E-state index >= 15 is 0 Å². The van der Waals surface area contributed by atoms with Crippen molar-refractivity contribution < 1.29 is 14.7 Å². The zero-order valence-corrected chi connectivity index (χ0v) is 10.5. The lowest BCUT2D eigenvalue weighted by atomic mass is 10.0. The van der Waals surface area contributed by atoms with Gasteiger partial charge in [0.05, 0.1) is 0 Å². The standard InChI is InChI=1S/C14H16N2O3/c17-13(7-6-11-4-3-8-15-10-11)16-9-2-1-5-12(16)14(18)19/h3-4,6-8,10,12H,1-2,5,9H2,(H,18,19)/b7-6+/t12-/m1/s1. The van der Waals surface area contributed by atoms with E-state index in [4.69, 9.17) is 5.11 Å². The second kappa shape index (κ2) is 6.13. The van der Waals surface area contributed by atoms with Crippen LogP contribution < -0.4 is 0 Å². The van der Waals surface area contributed by atoms with Crippen LogP contribution in [0.2, 0.25) is 0 Å². The van der Waals surface area contributed by atoms with Crippen LogP contribution in [0.5, 0.6) is 0 Å². The molecule has 2 rings (SSSR count). The van der Waals surface area contributed by atoms with Gasteiger partial charge in [-0.2, -0.15) is 0 Å². The largest absolute Gasteiger partial charge is 0.480 e. The molecule has 19 heavy (non-hydrogen) atoms. The molecule has 1 aromatic heterocycles. The van der Waals surface area contributed by atoms with Crippen molar-refractivity contribution >= 4 is 18.0 Å². The van der Waals surface area contributed by atoms with Crippen molar-refractivity contribution in [2.24, 2.45) is 0 Å². The van der Waals surface area contributed by atoms with Gasteiger partial charge in [0.25, 0.3) is 0 Å². The van der Waals surface area contributed by atoms with Crippen LogP contribution in [0, 0.1) is 0 Å². The third kappa shape index (κ3) is 3.40. The molecule has 1 atom stereocenters. The maximum absolute atomic E-state index is 12.0. The number of carbonyl (C=O) groups excluding carboxylic acids is 1. The molecule has 0 bridgehead atoms. The minimum atomic E-state index is -0.928. The molecule has 1 aliphatic heterocycles. The highest BCUT2D eigenvalue weighted by molar-refractivity contribution is 5.94. The molecule has 0 aromatic carbocycles. The number of hydrogen-bond acceptors (Lipinski definition) is 3. The van der Waals surface area contributed by atoms with Gasteiger partial charge in [0.2, 0.25) is 5.91 Å². The number of amides is 1. The lowest BCUT2D eigenvalue weighted by Crippen LogP contribution is -2.47. The molecule has 1 fully saturated rings. The maximum Gasteiger partial charge on any atom is 0.326 e. The average molecular weight is 260 g/mol. The summed E-state index contributed by atoms with van der Waals surface area (Å²) < 4.78 is 0. The van der Waals surface area contributed by atoms with Crippen LogP contribution in [-0.2, 0) is 9.59 Å². The van der Waals surface area contributed by atoms with Gasteiger partial charge in [0.15, 0.2) is 0 Å². The Morgan fingerprint density at radius 3 is 2.95 bits per heavy atom. The Morgan fingerprint density at radius 1 is 1.42 bits per heavy atom. The summed E-state index contributed by atoms with van der Waals surface area (Å²) in [7, 11) is 0. The molecule has 100 valence electrons. The quantitative estimate of drug-likeness (QED) is 0.837. The number of piperidine rings is 1. The fourth-order valence-corrected chi connectivity index (χ4v) is 2.19. The summed E-state index contributed by atoms with van der Waals surface area (Å²) in [6, 6.07) is 2.92. The van der Waals surface area contributed by atoms with E-state index in [2.05, 4.69) is 4.98 Å². The lowest BCUT2D eigenvalue weighted by Gasteiger charge is -2.32. The van der Waals surface area contributed by atoms with Crippen molar-refractivity contribution in [1.82, 2.24) is 9.88 Å². The van der Waals surface area contributed by atoms with Crippen LogP contribution in [0.3, 0.4) is 0 Å². The van der Waals surface area contributed by atoms with Crippen molar-refractivity contribution in [3.8, 4) is 0 Å². The Hall–Kier alpha value is -2.17. The Balaban J connectivity index is 2.06. The summed E-state index contributed by atoms with van der Waals surface area (Å²) in [5, 5.41) is 9.11. The molecule has 2 heterocycles. The predicted molar refractivity (Wildman–Crippen MR) is 70.3 cm³/mol. The number of aliphatic carboxylic acids is 1. The Bertz CT molecular complexity index is 485. The Kier molecular flexibility index (Phi) is 4.28. The fraction of sp³-hybridized carbons (Fsp3) is 0.357. The average Bonchev–Trinajstić information content (AvgIpc) is 2.46. The number of pyridine rings is 1. The highest BCUT2D eigenvalue weighted by Gasteiger charge is 2.30. The normalized spacial score (nSPS) is 19.6. The summed E-state index contributed by atoms with van der Waals surface area (Å²) >= 11 is 0. The van der Waals surface area contributed by atoms with Gasteiger partial charge in [-0.25, -0.2) is 4.79 Å². The second-order valence-electron chi connectivity index (χ2n) is 4.50. The van der Waals surface area contributed by atoms with Crippen molar-refractivity contribution in [1.29, 1.82) is 0 Å². The third-order valence-electron chi connectivity index (χ3n) is 3.17. The number of carboxylic acid groups (broad SMARTS) is 1. The topological polar surface area (TPSA) is 70.5 Å². The molecule has 0 radical (unpaired) electrons. The van der Waals surface area contributed by atoms with E-state index in [1.165, 1.54) is 11.0 Å². The molecular weight excluding hydrogens is 244 g/mol. The zero-order chi connectivity index (χ0) is 13.7. The lowest BCUT2D eigenvalue weighted by molar-refractivity contribution is -0.150. The number of nitrogens with zero attached hydrogens (tertiary/aromatic N) is 2. The van der Waals surface area contributed by atoms with E-state index in [9.17, 15) is 9.59 Å².